The molecule has 29 heavy (non-hydrogen) atoms. The number of aromatic nitrogens is 8. The monoisotopic (exact) mass is 393 g/mol. The molecule has 4 rings (SSSR count). The van der Waals surface area contributed by atoms with Crippen LogP contribution in [0.1, 0.15) is 31.3 Å². The number of ether oxygens (including phenoxy) is 1. The molecule has 0 aliphatic carbocycles. The highest BCUT2D eigenvalue weighted by Gasteiger charge is 2.21. The number of fused-ring (bicyclic) bond motifs is 1. The van der Waals surface area contributed by atoms with Gasteiger partial charge < -0.3 is 10.1 Å². The Kier molecular flexibility index (Phi) is 4.83. The van der Waals surface area contributed by atoms with Crippen molar-refractivity contribution in [2.24, 2.45) is 14.1 Å². The summed E-state index contributed by atoms with van der Waals surface area (Å²) in [4.78, 5) is 17.8. The van der Waals surface area contributed by atoms with Gasteiger partial charge in [-0.05, 0) is 12.0 Å². The van der Waals surface area contributed by atoms with E-state index in [9.17, 15) is 0 Å². The maximum absolute atomic E-state index is 5.38. The Balaban J connectivity index is 1.87. The smallest absolute Gasteiger partial charge is 0.241 e. The summed E-state index contributed by atoms with van der Waals surface area (Å²) in [6.07, 6.45) is 4.89. The molecule has 0 radical (unpaired) electrons. The van der Waals surface area contributed by atoms with E-state index >= 15 is 0 Å². The molecule has 4 aromatic heterocycles. The van der Waals surface area contributed by atoms with Crippen molar-refractivity contribution in [3.05, 3.63) is 36.3 Å². The van der Waals surface area contributed by atoms with E-state index in [-0.39, 0.29) is 5.92 Å². The maximum Gasteiger partial charge on any atom is 0.241 e. The molecule has 0 spiro atoms. The third kappa shape index (κ3) is 3.48. The van der Waals surface area contributed by atoms with Crippen LogP contribution in [0.5, 0.6) is 5.88 Å². The molecule has 0 aliphatic heterocycles. The molecule has 0 bridgehead atoms. The number of hydrogen-bond donors (Lipinski definition) is 1. The Morgan fingerprint density at radius 3 is 2.59 bits per heavy atom. The standard InChI is InChI=1S/C19H23N9O/c1-11(2)16-15-12(22-9-14-23-10-27(3)25-14)8-13(24-18(15)28(4)26-16)17-19(29-5)21-7-6-20-17/h6-8,10-11H,9H2,1-5H3,(H,22,24). The molecule has 0 saturated heterocycles. The van der Waals surface area contributed by atoms with Gasteiger partial charge in [0.05, 0.1) is 30.4 Å². The van der Waals surface area contributed by atoms with Crippen molar-refractivity contribution in [1.29, 1.82) is 0 Å². The average molecular weight is 393 g/mol. The van der Waals surface area contributed by atoms with E-state index in [0.717, 1.165) is 22.4 Å². The fourth-order valence-electron chi connectivity index (χ4n) is 3.23. The van der Waals surface area contributed by atoms with Crippen molar-refractivity contribution in [2.45, 2.75) is 26.3 Å². The largest absolute Gasteiger partial charge is 0.479 e. The van der Waals surface area contributed by atoms with E-state index in [1.54, 1.807) is 35.2 Å². The number of hydrogen-bond acceptors (Lipinski definition) is 8. The molecule has 0 fully saturated rings. The van der Waals surface area contributed by atoms with E-state index in [1.807, 2.05) is 20.2 Å². The quantitative estimate of drug-likeness (QED) is 0.531. The van der Waals surface area contributed by atoms with E-state index in [2.05, 4.69) is 39.2 Å². The van der Waals surface area contributed by atoms with Crippen molar-refractivity contribution < 1.29 is 4.74 Å². The molecule has 0 amide bonds. The highest BCUT2D eigenvalue weighted by atomic mass is 16.5. The first-order valence-electron chi connectivity index (χ1n) is 9.29. The maximum atomic E-state index is 5.38. The predicted molar refractivity (Wildman–Crippen MR) is 109 cm³/mol. The molecule has 10 nitrogen and oxygen atoms in total. The van der Waals surface area contributed by atoms with Gasteiger partial charge in [0, 0.05) is 32.2 Å². The van der Waals surface area contributed by atoms with E-state index < -0.39 is 0 Å². The summed E-state index contributed by atoms with van der Waals surface area (Å²) in [5, 5.41) is 13.5. The lowest BCUT2D eigenvalue weighted by Crippen LogP contribution is -2.05. The molecule has 0 saturated carbocycles. The van der Waals surface area contributed by atoms with E-state index in [1.165, 1.54) is 0 Å². The van der Waals surface area contributed by atoms with Crippen molar-refractivity contribution in [3.63, 3.8) is 0 Å². The minimum Gasteiger partial charge on any atom is -0.479 e. The van der Waals surface area contributed by atoms with Gasteiger partial charge in [-0.15, -0.1) is 0 Å². The van der Waals surface area contributed by atoms with Gasteiger partial charge in [0.15, 0.2) is 17.2 Å². The van der Waals surface area contributed by atoms with Gasteiger partial charge >= 0.3 is 0 Å². The molecule has 0 atom stereocenters. The second kappa shape index (κ2) is 7.46. The highest BCUT2D eigenvalue weighted by Crippen LogP contribution is 2.34. The van der Waals surface area contributed by atoms with Crippen molar-refractivity contribution in [3.8, 4) is 17.3 Å². The summed E-state index contributed by atoms with van der Waals surface area (Å²) < 4.78 is 8.85. The highest BCUT2D eigenvalue weighted by molar-refractivity contribution is 5.94. The summed E-state index contributed by atoms with van der Waals surface area (Å²) in [5.74, 6) is 1.36. The Hall–Kier alpha value is -3.56. The first kappa shape index (κ1) is 18.8. The Morgan fingerprint density at radius 1 is 1.10 bits per heavy atom. The van der Waals surface area contributed by atoms with Gasteiger partial charge in [-0.25, -0.2) is 19.9 Å². The molecular weight excluding hydrogens is 370 g/mol. The van der Waals surface area contributed by atoms with E-state index in [4.69, 9.17) is 14.8 Å². The lowest BCUT2D eigenvalue weighted by atomic mass is 10.1. The zero-order valence-electron chi connectivity index (χ0n) is 17.1. The predicted octanol–water partition coefficient (Wildman–Crippen LogP) is 2.30. The van der Waals surface area contributed by atoms with Gasteiger partial charge in [-0.3, -0.25) is 9.36 Å². The van der Waals surface area contributed by atoms with Crippen LogP contribution in [0.2, 0.25) is 0 Å². The van der Waals surface area contributed by atoms with Crippen molar-refractivity contribution >= 4 is 16.7 Å². The Labute approximate surface area is 168 Å². The Morgan fingerprint density at radius 2 is 1.90 bits per heavy atom. The van der Waals surface area contributed by atoms with Gasteiger partial charge in [0.1, 0.15) is 6.33 Å². The number of nitrogens with one attached hydrogen (secondary N) is 1. The first-order chi connectivity index (χ1) is 14.0. The molecule has 150 valence electrons. The minimum atomic E-state index is 0.242. The summed E-state index contributed by atoms with van der Waals surface area (Å²) in [5.41, 5.74) is 3.85. The van der Waals surface area contributed by atoms with Crippen LogP contribution in [-0.4, -0.2) is 46.6 Å². The molecule has 0 aromatic carbocycles. The van der Waals surface area contributed by atoms with Crippen LogP contribution >= 0.6 is 0 Å². The number of pyridine rings is 1. The SMILES string of the molecule is COc1nccnc1-c1cc(NCc2ncn(C)n2)c2c(C(C)C)nn(C)c2n1. The summed E-state index contributed by atoms with van der Waals surface area (Å²) in [6, 6.07) is 1.95. The number of anilines is 1. The lowest BCUT2D eigenvalue weighted by molar-refractivity contribution is 0.397. The average Bonchev–Trinajstić information content (AvgIpc) is 3.29. The van der Waals surface area contributed by atoms with Crippen LogP contribution in [0.3, 0.4) is 0 Å². The number of aryl methyl sites for hydroxylation is 2. The van der Waals surface area contributed by atoms with Crippen LogP contribution in [0.15, 0.2) is 24.8 Å². The zero-order valence-corrected chi connectivity index (χ0v) is 17.1. The van der Waals surface area contributed by atoms with Crippen LogP contribution in [0.25, 0.3) is 22.4 Å². The molecule has 0 aliphatic rings. The summed E-state index contributed by atoms with van der Waals surface area (Å²) >= 11 is 0. The minimum absolute atomic E-state index is 0.242. The van der Waals surface area contributed by atoms with Gasteiger partial charge in [0.25, 0.3) is 0 Å². The lowest BCUT2D eigenvalue weighted by Gasteiger charge is -2.12. The fourth-order valence-corrected chi connectivity index (χ4v) is 3.23. The Bertz CT molecular complexity index is 1160. The normalized spacial score (nSPS) is 11.4. The number of methoxy groups -OCH3 is 1. The van der Waals surface area contributed by atoms with Crippen molar-refractivity contribution in [1.82, 2.24) is 39.5 Å². The third-order valence-corrected chi connectivity index (χ3v) is 4.55. The zero-order chi connectivity index (χ0) is 20.5. The summed E-state index contributed by atoms with van der Waals surface area (Å²) in [6.45, 7) is 4.71. The second-order valence-electron chi connectivity index (χ2n) is 7.02. The number of nitrogens with zero attached hydrogens (tertiary/aromatic N) is 8. The van der Waals surface area contributed by atoms with Crippen LogP contribution < -0.4 is 10.1 Å². The number of rotatable bonds is 6. The van der Waals surface area contributed by atoms with Crippen LogP contribution in [-0.2, 0) is 20.6 Å². The molecule has 0 unspecified atom stereocenters. The van der Waals surface area contributed by atoms with Gasteiger partial charge in [-0.2, -0.15) is 10.2 Å². The van der Waals surface area contributed by atoms with Crippen molar-refractivity contribution in [2.75, 3.05) is 12.4 Å². The van der Waals surface area contributed by atoms with Gasteiger partial charge in [-0.1, -0.05) is 13.8 Å². The fraction of sp³-hybridized carbons (Fsp3) is 0.368. The van der Waals surface area contributed by atoms with Gasteiger partial charge in [0.2, 0.25) is 5.88 Å². The molecule has 4 heterocycles. The van der Waals surface area contributed by atoms with E-state index in [0.29, 0.717) is 29.6 Å². The molecular formula is C19H23N9O. The third-order valence-electron chi connectivity index (χ3n) is 4.55. The molecule has 4 aromatic rings. The van der Waals surface area contributed by atoms with Crippen LogP contribution in [0, 0.1) is 0 Å². The topological polar surface area (TPSA) is 108 Å². The first-order valence-corrected chi connectivity index (χ1v) is 9.29. The second-order valence-corrected chi connectivity index (χ2v) is 7.02. The molecule has 1 N–H and O–H groups in total. The van der Waals surface area contributed by atoms with Crippen LogP contribution in [0.4, 0.5) is 5.69 Å². The summed E-state index contributed by atoms with van der Waals surface area (Å²) in [7, 11) is 5.31. The molecule has 10 heteroatoms.